The smallest absolute Gasteiger partial charge is 0.271 e. The highest BCUT2D eigenvalue weighted by Gasteiger charge is 2.19. The van der Waals surface area contributed by atoms with E-state index in [2.05, 4.69) is 10.5 Å². The first-order chi connectivity index (χ1) is 9.47. The SMILES string of the molecule is CC1=C/C(=N/Nc2ccc([N+](=O)[O-])cc2[N+](=O)[O-])CC1. The van der Waals surface area contributed by atoms with E-state index in [1.165, 1.54) is 17.7 Å². The molecule has 0 aromatic heterocycles. The van der Waals surface area contributed by atoms with Crippen LogP contribution in [-0.4, -0.2) is 15.6 Å². The van der Waals surface area contributed by atoms with Crippen LogP contribution in [0.1, 0.15) is 19.8 Å². The summed E-state index contributed by atoms with van der Waals surface area (Å²) < 4.78 is 0. The van der Waals surface area contributed by atoms with Crippen LogP contribution in [0.2, 0.25) is 0 Å². The lowest BCUT2D eigenvalue weighted by atomic mass is 10.2. The molecule has 0 atom stereocenters. The fourth-order valence-electron chi connectivity index (χ4n) is 1.85. The summed E-state index contributed by atoms with van der Waals surface area (Å²) >= 11 is 0. The molecular formula is C12H12N4O4. The second-order valence-electron chi connectivity index (χ2n) is 4.42. The van der Waals surface area contributed by atoms with Crippen molar-refractivity contribution in [1.29, 1.82) is 0 Å². The van der Waals surface area contributed by atoms with Gasteiger partial charge in [-0.05, 0) is 31.9 Å². The van der Waals surface area contributed by atoms with Gasteiger partial charge >= 0.3 is 5.69 Å². The molecule has 1 aliphatic carbocycles. The first-order valence-corrected chi connectivity index (χ1v) is 5.90. The van der Waals surface area contributed by atoms with E-state index < -0.39 is 9.85 Å². The maximum atomic E-state index is 10.9. The molecule has 1 aromatic rings. The van der Waals surface area contributed by atoms with Crippen LogP contribution < -0.4 is 5.43 Å². The zero-order valence-electron chi connectivity index (χ0n) is 10.7. The monoisotopic (exact) mass is 276 g/mol. The zero-order valence-corrected chi connectivity index (χ0v) is 10.7. The van der Waals surface area contributed by atoms with Crippen LogP contribution in [0.25, 0.3) is 0 Å². The van der Waals surface area contributed by atoms with Gasteiger partial charge in [-0.25, -0.2) is 0 Å². The first-order valence-electron chi connectivity index (χ1n) is 5.90. The van der Waals surface area contributed by atoms with E-state index in [0.29, 0.717) is 0 Å². The molecular weight excluding hydrogens is 264 g/mol. The van der Waals surface area contributed by atoms with Gasteiger partial charge in [0, 0.05) is 6.07 Å². The molecule has 0 unspecified atom stereocenters. The summed E-state index contributed by atoms with van der Waals surface area (Å²) in [5, 5.41) is 25.6. The average Bonchev–Trinajstić information content (AvgIpc) is 2.81. The zero-order chi connectivity index (χ0) is 14.7. The number of benzene rings is 1. The fourth-order valence-corrected chi connectivity index (χ4v) is 1.85. The van der Waals surface area contributed by atoms with Gasteiger partial charge in [0.05, 0.1) is 21.6 Å². The van der Waals surface area contributed by atoms with E-state index in [1.54, 1.807) is 0 Å². The van der Waals surface area contributed by atoms with Crippen molar-refractivity contribution < 1.29 is 9.85 Å². The molecule has 0 heterocycles. The number of anilines is 1. The lowest BCUT2D eigenvalue weighted by Gasteiger charge is -2.02. The molecule has 104 valence electrons. The van der Waals surface area contributed by atoms with E-state index in [0.717, 1.165) is 24.6 Å². The summed E-state index contributed by atoms with van der Waals surface area (Å²) in [5.74, 6) is 0. The summed E-state index contributed by atoms with van der Waals surface area (Å²) in [4.78, 5) is 20.2. The molecule has 1 N–H and O–H groups in total. The van der Waals surface area contributed by atoms with Crippen molar-refractivity contribution >= 4 is 22.8 Å². The number of allylic oxidation sites excluding steroid dienone is 2. The van der Waals surface area contributed by atoms with Crippen molar-refractivity contribution in [2.24, 2.45) is 5.10 Å². The maximum Gasteiger partial charge on any atom is 0.301 e. The minimum absolute atomic E-state index is 0.131. The van der Waals surface area contributed by atoms with Crippen molar-refractivity contribution in [3.63, 3.8) is 0 Å². The highest BCUT2D eigenvalue weighted by molar-refractivity contribution is 5.98. The Morgan fingerprint density at radius 3 is 2.50 bits per heavy atom. The molecule has 0 radical (unpaired) electrons. The van der Waals surface area contributed by atoms with E-state index in [1.807, 2.05) is 13.0 Å². The Labute approximate surface area is 114 Å². The molecule has 8 nitrogen and oxygen atoms in total. The van der Waals surface area contributed by atoms with Gasteiger partial charge in [0.2, 0.25) is 0 Å². The van der Waals surface area contributed by atoms with Gasteiger partial charge < -0.3 is 0 Å². The number of nitrogens with zero attached hydrogens (tertiary/aromatic N) is 3. The Bertz CT molecular complexity index is 636. The molecule has 0 aliphatic heterocycles. The molecule has 2 rings (SSSR count). The van der Waals surface area contributed by atoms with Crippen molar-refractivity contribution in [2.45, 2.75) is 19.8 Å². The Kier molecular flexibility index (Phi) is 3.74. The first kappa shape index (κ1) is 13.7. The van der Waals surface area contributed by atoms with E-state index >= 15 is 0 Å². The largest absolute Gasteiger partial charge is 0.301 e. The molecule has 0 bridgehead atoms. The molecule has 20 heavy (non-hydrogen) atoms. The third-order valence-corrected chi connectivity index (χ3v) is 2.90. The average molecular weight is 276 g/mol. The fraction of sp³-hybridized carbons (Fsp3) is 0.250. The van der Waals surface area contributed by atoms with Crippen LogP contribution in [0, 0.1) is 20.2 Å². The van der Waals surface area contributed by atoms with Crippen LogP contribution in [0.3, 0.4) is 0 Å². The number of rotatable bonds is 4. The maximum absolute atomic E-state index is 10.9. The Balaban J connectivity index is 2.27. The second-order valence-corrected chi connectivity index (χ2v) is 4.42. The number of non-ortho nitro benzene ring substituents is 1. The molecule has 0 saturated heterocycles. The molecule has 8 heteroatoms. The van der Waals surface area contributed by atoms with Gasteiger partial charge in [-0.3, -0.25) is 25.7 Å². The minimum atomic E-state index is -0.675. The minimum Gasteiger partial charge on any atom is -0.271 e. The van der Waals surface area contributed by atoms with Crippen LogP contribution in [0.4, 0.5) is 17.1 Å². The highest BCUT2D eigenvalue weighted by atomic mass is 16.6. The summed E-state index contributed by atoms with van der Waals surface area (Å²) in [7, 11) is 0. The molecule has 1 aromatic carbocycles. The van der Waals surface area contributed by atoms with Gasteiger partial charge in [-0.2, -0.15) is 5.10 Å². The van der Waals surface area contributed by atoms with Crippen LogP contribution in [-0.2, 0) is 0 Å². The van der Waals surface area contributed by atoms with Crippen molar-refractivity contribution in [1.82, 2.24) is 0 Å². The number of hydrazone groups is 1. The lowest BCUT2D eigenvalue weighted by molar-refractivity contribution is -0.393. The number of nitrogens with one attached hydrogen (secondary N) is 1. The quantitative estimate of drug-likeness (QED) is 0.671. The van der Waals surface area contributed by atoms with E-state index in [9.17, 15) is 20.2 Å². The van der Waals surface area contributed by atoms with Gasteiger partial charge in [0.1, 0.15) is 5.69 Å². The summed E-state index contributed by atoms with van der Waals surface area (Å²) in [6.07, 6.45) is 3.60. The number of hydrogen-bond donors (Lipinski definition) is 1. The molecule has 0 amide bonds. The van der Waals surface area contributed by atoms with Crippen LogP contribution in [0.5, 0.6) is 0 Å². The summed E-state index contributed by atoms with van der Waals surface area (Å²) in [6, 6.07) is 3.40. The Hall–Kier alpha value is -2.77. The molecule has 0 saturated carbocycles. The van der Waals surface area contributed by atoms with E-state index in [4.69, 9.17) is 0 Å². The topological polar surface area (TPSA) is 111 Å². The lowest BCUT2D eigenvalue weighted by Crippen LogP contribution is -2.00. The van der Waals surface area contributed by atoms with Crippen molar-refractivity contribution in [3.05, 3.63) is 50.1 Å². The van der Waals surface area contributed by atoms with Gasteiger partial charge in [-0.15, -0.1) is 0 Å². The van der Waals surface area contributed by atoms with Gasteiger partial charge in [0.15, 0.2) is 0 Å². The van der Waals surface area contributed by atoms with Gasteiger partial charge in [0.25, 0.3) is 5.69 Å². The predicted octanol–water partition coefficient (Wildman–Crippen LogP) is 3.01. The summed E-state index contributed by atoms with van der Waals surface area (Å²) in [6.45, 7) is 1.98. The predicted molar refractivity (Wildman–Crippen MR) is 73.8 cm³/mol. The van der Waals surface area contributed by atoms with E-state index in [-0.39, 0.29) is 17.1 Å². The van der Waals surface area contributed by atoms with Crippen LogP contribution in [0.15, 0.2) is 34.9 Å². The molecule has 1 aliphatic rings. The number of hydrogen-bond acceptors (Lipinski definition) is 6. The van der Waals surface area contributed by atoms with Crippen LogP contribution >= 0.6 is 0 Å². The highest BCUT2D eigenvalue weighted by Crippen LogP contribution is 2.29. The number of nitro groups is 2. The van der Waals surface area contributed by atoms with Crippen molar-refractivity contribution in [3.8, 4) is 0 Å². The van der Waals surface area contributed by atoms with Crippen molar-refractivity contribution in [2.75, 3.05) is 5.43 Å². The second kappa shape index (κ2) is 5.47. The third-order valence-electron chi connectivity index (χ3n) is 2.90. The standard InChI is InChI=1S/C12H12N4O4/c1-8-2-3-9(6-8)13-14-11-5-4-10(15(17)18)7-12(11)16(19)20/h4-7,14H,2-3H2,1H3/b13-9+. The Morgan fingerprint density at radius 2 is 1.95 bits per heavy atom. The third kappa shape index (κ3) is 2.97. The number of nitro benzene ring substituents is 2. The normalized spacial score (nSPS) is 16.1. The molecule has 0 fully saturated rings. The van der Waals surface area contributed by atoms with Gasteiger partial charge in [-0.1, -0.05) is 5.57 Å². The Morgan fingerprint density at radius 1 is 1.20 bits per heavy atom. The summed E-state index contributed by atoms with van der Waals surface area (Å²) in [5.41, 5.74) is 4.03. The molecule has 0 spiro atoms.